The Morgan fingerprint density at radius 3 is 2.41 bits per heavy atom. The number of thiazole rings is 1. The van der Waals surface area contributed by atoms with E-state index in [4.69, 9.17) is 4.74 Å². The van der Waals surface area contributed by atoms with E-state index in [9.17, 15) is 4.79 Å². The first-order valence-electron chi connectivity index (χ1n) is 10.9. The summed E-state index contributed by atoms with van der Waals surface area (Å²) >= 11 is 1.49. The lowest BCUT2D eigenvalue weighted by atomic mass is 9.96. The van der Waals surface area contributed by atoms with Gasteiger partial charge in [0.25, 0.3) is 0 Å². The number of para-hydroxylation sites is 2. The molecule has 4 rings (SSSR count). The van der Waals surface area contributed by atoms with Crippen LogP contribution in [-0.2, 0) is 4.74 Å². The first-order chi connectivity index (χ1) is 14.3. The van der Waals surface area contributed by atoms with Crippen molar-refractivity contribution in [2.24, 2.45) is 5.92 Å². The fraction of sp³-hybridized carbons (Fsp3) is 0.522. The molecule has 0 amide bonds. The van der Waals surface area contributed by atoms with Crippen LogP contribution < -0.4 is 0 Å². The Morgan fingerprint density at radius 1 is 1.03 bits per heavy atom. The number of aromatic nitrogens is 3. The molecule has 0 saturated heterocycles. The number of rotatable bonds is 3. The molecule has 6 heteroatoms. The summed E-state index contributed by atoms with van der Waals surface area (Å²) in [6.45, 7) is 0.488. The van der Waals surface area contributed by atoms with E-state index in [2.05, 4.69) is 9.97 Å². The number of ether oxygens (including phenoxy) is 1. The molecule has 1 saturated carbocycles. The lowest BCUT2D eigenvalue weighted by Gasteiger charge is -2.17. The number of carbonyl (C=O) groups excluding carboxylic acids is 1. The van der Waals surface area contributed by atoms with Crippen LogP contribution in [0.2, 0.25) is 0 Å². The van der Waals surface area contributed by atoms with Crippen LogP contribution in [0, 0.1) is 5.92 Å². The molecule has 0 bridgehead atoms. The molecule has 5 nitrogen and oxygen atoms in total. The second-order valence-corrected chi connectivity index (χ2v) is 8.70. The maximum absolute atomic E-state index is 13.1. The van der Waals surface area contributed by atoms with Crippen molar-refractivity contribution in [2.45, 2.75) is 64.2 Å². The van der Waals surface area contributed by atoms with E-state index in [-0.39, 0.29) is 6.09 Å². The molecule has 1 fully saturated rings. The normalized spacial score (nSPS) is 17.1. The lowest BCUT2D eigenvalue weighted by molar-refractivity contribution is 0.123. The lowest BCUT2D eigenvalue weighted by Crippen LogP contribution is -2.20. The fourth-order valence-corrected chi connectivity index (χ4v) is 4.73. The Labute approximate surface area is 176 Å². The Kier molecular flexibility index (Phi) is 6.93. The molecule has 154 valence electrons. The van der Waals surface area contributed by atoms with E-state index in [0.717, 1.165) is 23.9 Å². The molecule has 29 heavy (non-hydrogen) atoms. The zero-order valence-electron chi connectivity index (χ0n) is 16.9. The number of fused-ring (bicyclic) bond motifs is 1. The minimum atomic E-state index is -0.351. The van der Waals surface area contributed by atoms with Crippen molar-refractivity contribution in [1.82, 2.24) is 14.5 Å². The molecule has 2 heterocycles. The summed E-state index contributed by atoms with van der Waals surface area (Å²) in [4.78, 5) is 22.1. The van der Waals surface area contributed by atoms with Crippen LogP contribution in [0.5, 0.6) is 0 Å². The summed E-state index contributed by atoms with van der Waals surface area (Å²) in [7, 11) is 0. The van der Waals surface area contributed by atoms with Gasteiger partial charge >= 0.3 is 6.09 Å². The monoisotopic (exact) mass is 411 g/mol. The van der Waals surface area contributed by atoms with Crippen LogP contribution in [-0.4, -0.2) is 27.2 Å². The molecule has 0 N–H and O–H groups in total. The molecule has 3 aromatic rings. The average molecular weight is 412 g/mol. The van der Waals surface area contributed by atoms with Crippen molar-refractivity contribution >= 4 is 28.5 Å². The molecule has 0 atom stereocenters. The molecular formula is C23H29N3O2S. The van der Waals surface area contributed by atoms with Crippen LogP contribution in [0.3, 0.4) is 0 Å². The second-order valence-electron chi connectivity index (χ2n) is 7.98. The third kappa shape index (κ3) is 5.04. The predicted octanol–water partition coefficient (Wildman–Crippen LogP) is 6.68. The molecule has 1 aromatic carbocycles. The summed E-state index contributed by atoms with van der Waals surface area (Å²) in [5.41, 5.74) is 4.01. The third-order valence-corrected chi connectivity index (χ3v) is 6.41. The summed E-state index contributed by atoms with van der Waals surface area (Å²) in [5, 5.41) is 1.91. The van der Waals surface area contributed by atoms with Gasteiger partial charge in [-0.3, -0.25) is 0 Å². The van der Waals surface area contributed by atoms with Crippen molar-refractivity contribution in [3.8, 4) is 11.5 Å². The van der Waals surface area contributed by atoms with Gasteiger partial charge in [-0.05, 0) is 30.9 Å². The van der Waals surface area contributed by atoms with E-state index in [1.54, 1.807) is 10.1 Å². The molecule has 2 aromatic heterocycles. The van der Waals surface area contributed by atoms with Crippen LogP contribution in [0.15, 0.2) is 35.2 Å². The van der Waals surface area contributed by atoms with Crippen molar-refractivity contribution in [3.63, 3.8) is 0 Å². The topological polar surface area (TPSA) is 57.0 Å². The average Bonchev–Trinajstić information content (AvgIpc) is 3.38. The van der Waals surface area contributed by atoms with E-state index >= 15 is 0 Å². The van der Waals surface area contributed by atoms with Gasteiger partial charge in [0.15, 0.2) is 5.82 Å². The van der Waals surface area contributed by atoms with Crippen LogP contribution in [0.1, 0.15) is 64.2 Å². The first-order valence-corrected chi connectivity index (χ1v) is 11.8. The highest BCUT2D eigenvalue weighted by atomic mass is 32.1. The van der Waals surface area contributed by atoms with Gasteiger partial charge in [-0.25, -0.2) is 19.3 Å². The van der Waals surface area contributed by atoms with Gasteiger partial charge in [-0.1, -0.05) is 63.5 Å². The van der Waals surface area contributed by atoms with Crippen molar-refractivity contribution in [2.75, 3.05) is 6.61 Å². The molecule has 0 aliphatic heterocycles. The van der Waals surface area contributed by atoms with Gasteiger partial charge in [0.1, 0.15) is 5.69 Å². The van der Waals surface area contributed by atoms with Gasteiger partial charge in [0, 0.05) is 5.38 Å². The number of nitrogens with zero attached hydrogens (tertiary/aromatic N) is 3. The SMILES string of the molecule is O=C(OCC1CCCCCCCCCC1)n1c(-c2cscn2)nc2ccccc21. The minimum Gasteiger partial charge on any atom is -0.449 e. The highest BCUT2D eigenvalue weighted by Gasteiger charge is 2.21. The Morgan fingerprint density at radius 2 is 1.72 bits per heavy atom. The Hall–Kier alpha value is -2.21. The standard InChI is InChI=1S/C23H29N3O2S/c27-23(28-15-18-11-7-5-3-1-2-4-6-8-12-18)26-21-14-10-9-13-19(21)25-22(26)20-16-29-17-24-20/h9-10,13-14,16-18H,1-8,11-12,15H2. The fourth-order valence-electron chi connectivity index (χ4n) is 4.20. The summed E-state index contributed by atoms with van der Waals surface area (Å²) in [5.74, 6) is 1.01. The minimum absolute atomic E-state index is 0.351. The van der Waals surface area contributed by atoms with Gasteiger partial charge in [0.2, 0.25) is 0 Å². The van der Waals surface area contributed by atoms with Gasteiger partial charge in [-0.15, -0.1) is 11.3 Å². The third-order valence-electron chi connectivity index (χ3n) is 5.82. The molecule has 0 unspecified atom stereocenters. The number of hydrogen-bond acceptors (Lipinski definition) is 5. The molecular weight excluding hydrogens is 382 g/mol. The van der Waals surface area contributed by atoms with E-state index in [0.29, 0.717) is 24.0 Å². The quantitative estimate of drug-likeness (QED) is 0.482. The largest absolute Gasteiger partial charge is 0.449 e. The van der Waals surface area contributed by atoms with Gasteiger partial charge in [0.05, 0.1) is 23.2 Å². The van der Waals surface area contributed by atoms with Crippen molar-refractivity contribution in [1.29, 1.82) is 0 Å². The first kappa shape index (κ1) is 20.1. The zero-order valence-corrected chi connectivity index (χ0v) is 17.7. The van der Waals surface area contributed by atoms with E-state index in [1.807, 2.05) is 29.6 Å². The summed E-state index contributed by atoms with van der Waals surface area (Å²) in [6.07, 6.45) is 12.4. The molecule has 1 aliphatic carbocycles. The highest BCUT2D eigenvalue weighted by molar-refractivity contribution is 7.07. The van der Waals surface area contributed by atoms with Crippen LogP contribution >= 0.6 is 11.3 Å². The predicted molar refractivity (Wildman–Crippen MR) is 117 cm³/mol. The highest BCUT2D eigenvalue weighted by Crippen LogP contribution is 2.26. The van der Waals surface area contributed by atoms with Crippen molar-refractivity contribution < 1.29 is 9.53 Å². The van der Waals surface area contributed by atoms with Crippen molar-refractivity contribution in [3.05, 3.63) is 35.2 Å². The molecule has 1 aliphatic rings. The second kappa shape index (κ2) is 10.0. The number of hydrogen-bond donors (Lipinski definition) is 0. The Bertz CT molecular complexity index is 908. The van der Waals surface area contributed by atoms with E-state index < -0.39 is 0 Å². The van der Waals surface area contributed by atoms with E-state index in [1.165, 1.54) is 62.7 Å². The summed E-state index contributed by atoms with van der Waals surface area (Å²) < 4.78 is 7.41. The summed E-state index contributed by atoms with van der Waals surface area (Å²) in [6, 6.07) is 7.67. The van der Waals surface area contributed by atoms with Crippen LogP contribution in [0.25, 0.3) is 22.6 Å². The van der Waals surface area contributed by atoms with Gasteiger partial charge in [-0.2, -0.15) is 0 Å². The maximum Gasteiger partial charge on any atom is 0.420 e. The molecule has 0 spiro atoms. The smallest absolute Gasteiger partial charge is 0.420 e. The number of imidazole rings is 1. The number of benzene rings is 1. The van der Waals surface area contributed by atoms with Crippen LogP contribution in [0.4, 0.5) is 4.79 Å². The number of carbonyl (C=O) groups is 1. The zero-order chi connectivity index (χ0) is 19.9. The molecule has 0 radical (unpaired) electrons. The van der Waals surface area contributed by atoms with Gasteiger partial charge < -0.3 is 4.74 Å². The Balaban J connectivity index is 1.49. The maximum atomic E-state index is 13.1.